The summed E-state index contributed by atoms with van der Waals surface area (Å²) in [6.07, 6.45) is 11.2. The van der Waals surface area contributed by atoms with E-state index >= 15 is 0 Å². The molecule has 0 spiro atoms. The minimum Gasteiger partial charge on any atom is -0.457 e. The van der Waals surface area contributed by atoms with Crippen LogP contribution in [0.4, 0.5) is 11.6 Å². The fraction of sp³-hybridized carbons (Fsp3) is 0.216. The molecular weight excluding hydrogens is 845 g/mol. The SMILES string of the molecule is C/C=C/C(=O)N1CCCC(n2nc(-c3ccc(Oc4ccccc4)cc3)c3c(N)ncnc32)C1.C=CC(=O)N1CCCC(n2nc(-c3ccc(Oc4ccccc4)cc3)c3c(N)ncnc32)C1. The quantitative estimate of drug-likeness (QED) is 0.124. The van der Waals surface area contributed by atoms with Crippen LogP contribution in [0.3, 0.4) is 0 Å². The smallest absolute Gasteiger partial charge is 0.246 e. The molecule has 0 aliphatic carbocycles. The number of nitrogens with zero attached hydrogens (tertiary/aromatic N) is 10. The summed E-state index contributed by atoms with van der Waals surface area (Å²) in [6.45, 7) is 8.05. The van der Waals surface area contributed by atoms with E-state index in [1.807, 2.05) is 130 Å². The number of fused-ring (bicyclic) bond motifs is 2. The summed E-state index contributed by atoms with van der Waals surface area (Å²) >= 11 is 0. The number of benzene rings is 4. The van der Waals surface area contributed by atoms with Crippen LogP contribution in [0, 0.1) is 0 Å². The zero-order valence-electron chi connectivity index (χ0n) is 37.1. The van der Waals surface area contributed by atoms with Crippen LogP contribution in [0.5, 0.6) is 23.0 Å². The van der Waals surface area contributed by atoms with E-state index in [0.717, 1.165) is 77.4 Å². The number of anilines is 2. The van der Waals surface area contributed by atoms with E-state index < -0.39 is 0 Å². The van der Waals surface area contributed by atoms with Crippen molar-refractivity contribution in [3.8, 4) is 45.5 Å². The molecule has 2 aliphatic heterocycles. The Morgan fingerprint density at radius 1 is 0.597 bits per heavy atom. The van der Waals surface area contributed by atoms with Gasteiger partial charge >= 0.3 is 0 Å². The van der Waals surface area contributed by atoms with Gasteiger partial charge in [0.05, 0.1) is 22.9 Å². The van der Waals surface area contributed by atoms with Gasteiger partial charge in [0.15, 0.2) is 11.3 Å². The molecular formula is C51H50N12O4. The number of nitrogen functional groups attached to an aromatic ring is 2. The number of amides is 2. The number of piperidine rings is 2. The van der Waals surface area contributed by atoms with E-state index in [1.165, 1.54) is 18.7 Å². The van der Waals surface area contributed by atoms with E-state index in [9.17, 15) is 9.59 Å². The molecule has 4 aromatic heterocycles. The minimum atomic E-state index is -0.0699. The van der Waals surface area contributed by atoms with Crippen LogP contribution in [0.15, 0.2) is 147 Å². The lowest BCUT2D eigenvalue weighted by Gasteiger charge is -2.32. The highest BCUT2D eigenvalue weighted by atomic mass is 16.5. The second-order valence-corrected chi connectivity index (χ2v) is 16.2. The number of aromatic nitrogens is 8. The summed E-state index contributed by atoms with van der Waals surface area (Å²) in [5, 5.41) is 11.3. The van der Waals surface area contributed by atoms with Crippen LogP contribution in [0.25, 0.3) is 44.6 Å². The van der Waals surface area contributed by atoms with Crippen molar-refractivity contribution in [1.82, 2.24) is 49.3 Å². The fourth-order valence-electron chi connectivity index (χ4n) is 8.60. The minimum absolute atomic E-state index is 0.00566. The normalized spacial score (nSPS) is 16.1. The van der Waals surface area contributed by atoms with Crippen molar-refractivity contribution in [1.29, 1.82) is 0 Å². The van der Waals surface area contributed by atoms with E-state index in [-0.39, 0.29) is 23.9 Å². The van der Waals surface area contributed by atoms with Gasteiger partial charge in [0.1, 0.15) is 58.7 Å². The number of para-hydroxylation sites is 2. The summed E-state index contributed by atoms with van der Waals surface area (Å²) < 4.78 is 15.6. The molecule has 67 heavy (non-hydrogen) atoms. The van der Waals surface area contributed by atoms with Crippen LogP contribution in [-0.2, 0) is 9.59 Å². The zero-order valence-corrected chi connectivity index (χ0v) is 37.1. The lowest BCUT2D eigenvalue weighted by molar-refractivity contribution is -0.128. The van der Waals surface area contributed by atoms with Gasteiger partial charge in [-0.1, -0.05) is 49.1 Å². The molecule has 2 atom stereocenters. The maximum absolute atomic E-state index is 12.4. The molecule has 8 aromatic rings. The number of likely N-dealkylation sites (tertiary alicyclic amines) is 2. The highest BCUT2D eigenvalue weighted by Gasteiger charge is 2.30. The summed E-state index contributed by atoms with van der Waals surface area (Å²) in [4.78, 5) is 45.7. The van der Waals surface area contributed by atoms with Crippen molar-refractivity contribution >= 4 is 45.5 Å². The van der Waals surface area contributed by atoms with Crippen molar-refractivity contribution < 1.29 is 19.1 Å². The average Bonchev–Trinajstić information content (AvgIpc) is 3.97. The van der Waals surface area contributed by atoms with Gasteiger partial charge in [0, 0.05) is 37.3 Å². The summed E-state index contributed by atoms with van der Waals surface area (Å²) in [5.41, 5.74) is 17.1. The molecule has 2 aliphatic rings. The first-order valence-electron chi connectivity index (χ1n) is 22.2. The highest BCUT2D eigenvalue weighted by Crippen LogP contribution is 2.37. The van der Waals surface area contributed by atoms with Gasteiger partial charge < -0.3 is 30.7 Å². The Balaban J connectivity index is 0.000000168. The molecule has 2 fully saturated rings. The number of hydrogen-bond acceptors (Lipinski definition) is 12. The Kier molecular flexibility index (Phi) is 12.9. The number of carbonyl (C=O) groups excluding carboxylic acids is 2. The van der Waals surface area contributed by atoms with Crippen molar-refractivity contribution in [3.05, 3.63) is 147 Å². The molecule has 16 heteroatoms. The predicted octanol–water partition coefficient (Wildman–Crippen LogP) is 8.82. The number of nitrogens with two attached hydrogens (primary N) is 2. The van der Waals surface area contributed by atoms with Gasteiger partial charge in [0.25, 0.3) is 0 Å². The molecule has 6 heterocycles. The number of hydrogen-bond donors (Lipinski definition) is 2. The maximum atomic E-state index is 12.4. The number of rotatable bonds is 10. The molecule has 10 rings (SSSR count). The molecule has 338 valence electrons. The third-order valence-corrected chi connectivity index (χ3v) is 11.8. The standard InChI is InChI=1S/C26H26N6O2.C25H24N6O2/c1-2-7-22(33)31-15-6-8-19(16-31)32-26-23(25(27)28-17-29-26)24(30-32)18-11-13-21(14-12-18)34-20-9-4-3-5-10-20;1-2-21(32)30-14-6-7-18(15-30)31-25-22(24(26)27-16-28-25)23(29-31)17-10-12-20(13-11-17)33-19-8-4-3-5-9-19/h2-5,7,9-14,17,19H,6,8,15-16H2,1H3,(H2,27,28,29);2-5,8-13,16,18H,1,6-7,14-15H2,(H2,26,27,28)/b7-2+;. The Labute approximate surface area is 387 Å². The van der Waals surface area contributed by atoms with Gasteiger partial charge in [-0.2, -0.15) is 10.2 Å². The Morgan fingerprint density at radius 2 is 1.01 bits per heavy atom. The summed E-state index contributed by atoms with van der Waals surface area (Å²) in [5.74, 6) is 3.71. The van der Waals surface area contributed by atoms with Gasteiger partial charge in [-0.15, -0.1) is 0 Å². The van der Waals surface area contributed by atoms with Crippen LogP contribution in [0.1, 0.15) is 44.7 Å². The number of allylic oxidation sites excluding steroid dienone is 1. The summed E-state index contributed by atoms with van der Waals surface area (Å²) in [7, 11) is 0. The second kappa shape index (κ2) is 19.8. The van der Waals surface area contributed by atoms with E-state index in [0.29, 0.717) is 53.6 Å². The number of carbonyl (C=O) groups is 2. The van der Waals surface area contributed by atoms with Crippen molar-refractivity contribution in [3.63, 3.8) is 0 Å². The Morgan fingerprint density at radius 3 is 1.43 bits per heavy atom. The van der Waals surface area contributed by atoms with E-state index in [1.54, 1.807) is 17.1 Å². The maximum Gasteiger partial charge on any atom is 0.246 e. The van der Waals surface area contributed by atoms with Crippen LogP contribution in [-0.4, -0.2) is 87.3 Å². The molecule has 4 N–H and O–H groups in total. The average molecular weight is 895 g/mol. The molecule has 0 radical (unpaired) electrons. The van der Waals surface area contributed by atoms with Crippen molar-refractivity contribution in [2.75, 3.05) is 37.6 Å². The van der Waals surface area contributed by atoms with Crippen LogP contribution in [0.2, 0.25) is 0 Å². The third kappa shape index (κ3) is 9.54. The zero-order chi connectivity index (χ0) is 46.3. The first kappa shape index (κ1) is 43.8. The van der Waals surface area contributed by atoms with Crippen LogP contribution < -0.4 is 20.9 Å². The molecule has 0 saturated carbocycles. The lowest BCUT2D eigenvalue weighted by atomic mass is 10.1. The van der Waals surface area contributed by atoms with E-state index in [2.05, 4.69) is 26.5 Å². The first-order valence-corrected chi connectivity index (χ1v) is 22.2. The second-order valence-electron chi connectivity index (χ2n) is 16.2. The lowest BCUT2D eigenvalue weighted by Crippen LogP contribution is -2.40. The van der Waals surface area contributed by atoms with Gasteiger partial charge in [0.2, 0.25) is 11.8 Å². The third-order valence-electron chi connectivity index (χ3n) is 11.8. The molecule has 2 amide bonds. The van der Waals surface area contributed by atoms with Crippen molar-refractivity contribution in [2.45, 2.75) is 44.7 Å². The van der Waals surface area contributed by atoms with Gasteiger partial charge in [-0.25, -0.2) is 29.3 Å². The topological polar surface area (TPSA) is 198 Å². The van der Waals surface area contributed by atoms with Gasteiger partial charge in [-0.3, -0.25) is 9.59 Å². The molecule has 16 nitrogen and oxygen atoms in total. The predicted molar refractivity (Wildman–Crippen MR) is 258 cm³/mol. The molecule has 0 bridgehead atoms. The number of ether oxygens (including phenoxy) is 2. The Hall–Kier alpha value is -8.40. The highest BCUT2D eigenvalue weighted by molar-refractivity contribution is 5.99. The first-order chi connectivity index (χ1) is 32.8. The van der Waals surface area contributed by atoms with Gasteiger partial charge in [-0.05, 0) is 118 Å². The molecule has 2 saturated heterocycles. The Bertz CT molecular complexity index is 3040. The largest absolute Gasteiger partial charge is 0.457 e. The van der Waals surface area contributed by atoms with Crippen molar-refractivity contribution in [2.24, 2.45) is 0 Å². The van der Waals surface area contributed by atoms with Crippen LogP contribution >= 0.6 is 0 Å². The fourth-order valence-corrected chi connectivity index (χ4v) is 8.60. The molecule has 4 aromatic carbocycles. The van der Waals surface area contributed by atoms with E-state index in [4.69, 9.17) is 31.1 Å². The monoisotopic (exact) mass is 894 g/mol. The summed E-state index contributed by atoms with van der Waals surface area (Å²) in [6, 6.07) is 34.7. The molecule has 2 unspecified atom stereocenters.